The molecule has 0 spiro atoms. The molecule has 1 aromatic heterocycles. The zero-order valence-electron chi connectivity index (χ0n) is 14.5. The Hall–Kier alpha value is -2.88. The first kappa shape index (κ1) is 20.4. The average molecular weight is 384 g/mol. The standard InChI is InChI=1S/C17H19F3N4O3/c1-24-10-9-23-15(24)16(27,17(18,19)20)11-13(25)21-7-8-22-14(26)12-5-3-2-4-6-12/h2-6,9-10,27H,7-8,11H2,1H3,(H,21,25)(H,22,26). The van der Waals surface area contributed by atoms with Gasteiger partial charge in [-0.05, 0) is 12.1 Å². The van der Waals surface area contributed by atoms with E-state index in [0.717, 1.165) is 10.8 Å². The molecule has 0 saturated carbocycles. The van der Waals surface area contributed by atoms with E-state index in [4.69, 9.17) is 0 Å². The summed E-state index contributed by atoms with van der Waals surface area (Å²) >= 11 is 0. The number of amides is 2. The topological polar surface area (TPSA) is 96.2 Å². The van der Waals surface area contributed by atoms with Gasteiger partial charge in [0.1, 0.15) is 0 Å². The van der Waals surface area contributed by atoms with Gasteiger partial charge < -0.3 is 20.3 Å². The Morgan fingerprint density at radius 3 is 2.33 bits per heavy atom. The molecule has 7 nitrogen and oxygen atoms in total. The fraction of sp³-hybridized carbons (Fsp3) is 0.353. The molecule has 1 atom stereocenters. The third-order valence-electron chi connectivity index (χ3n) is 3.85. The molecule has 1 unspecified atom stereocenters. The summed E-state index contributed by atoms with van der Waals surface area (Å²) in [6.45, 7) is -0.0712. The minimum absolute atomic E-state index is 0.0202. The van der Waals surface area contributed by atoms with Crippen molar-refractivity contribution in [3.05, 3.63) is 54.1 Å². The van der Waals surface area contributed by atoms with Gasteiger partial charge in [-0.3, -0.25) is 9.59 Å². The third kappa shape index (κ3) is 4.85. The minimum Gasteiger partial charge on any atom is -0.374 e. The van der Waals surface area contributed by atoms with Crippen molar-refractivity contribution in [3.8, 4) is 0 Å². The number of rotatable bonds is 7. The fourth-order valence-electron chi connectivity index (χ4n) is 2.43. The highest BCUT2D eigenvalue weighted by Gasteiger charge is 2.58. The number of carbonyl (C=O) groups excluding carboxylic acids is 2. The van der Waals surface area contributed by atoms with Crippen molar-refractivity contribution in [1.82, 2.24) is 20.2 Å². The molecular formula is C17H19F3N4O3. The van der Waals surface area contributed by atoms with Crippen molar-refractivity contribution in [2.75, 3.05) is 13.1 Å². The van der Waals surface area contributed by atoms with Gasteiger partial charge in [0, 0.05) is 38.1 Å². The van der Waals surface area contributed by atoms with E-state index in [1.807, 2.05) is 0 Å². The van der Waals surface area contributed by atoms with Crippen LogP contribution in [0.4, 0.5) is 13.2 Å². The number of imidazole rings is 1. The number of halogens is 3. The van der Waals surface area contributed by atoms with Crippen molar-refractivity contribution in [2.45, 2.75) is 18.2 Å². The van der Waals surface area contributed by atoms with Crippen LogP contribution in [0.25, 0.3) is 0 Å². The third-order valence-corrected chi connectivity index (χ3v) is 3.85. The minimum atomic E-state index is -5.09. The number of nitrogens with one attached hydrogen (secondary N) is 2. The second-order valence-electron chi connectivity index (χ2n) is 5.87. The number of aliphatic hydroxyl groups is 1. The van der Waals surface area contributed by atoms with Crippen molar-refractivity contribution >= 4 is 11.8 Å². The first-order valence-corrected chi connectivity index (χ1v) is 8.02. The summed E-state index contributed by atoms with van der Waals surface area (Å²) in [5.74, 6) is -2.07. The summed E-state index contributed by atoms with van der Waals surface area (Å²) in [5.41, 5.74) is -2.99. The maximum absolute atomic E-state index is 13.3. The second kappa shape index (κ2) is 8.21. The van der Waals surface area contributed by atoms with E-state index in [0.29, 0.717) is 5.56 Å². The summed E-state index contributed by atoms with van der Waals surface area (Å²) < 4.78 is 41.0. The maximum Gasteiger partial charge on any atom is 0.425 e. The molecule has 10 heteroatoms. The van der Waals surface area contributed by atoms with Gasteiger partial charge in [-0.1, -0.05) is 18.2 Å². The van der Waals surface area contributed by atoms with Gasteiger partial charge in [0.15, 0.2) is 5.82 Å². The Morgan fingerprint density at radius 2 is 1.78 bits per heavy atom. The molecule has 0 bridgehead atoms. The van der Waals surface area contributed by atoms with Crippen LogP contribution < -0.4 is 10.6 Å². The predicted molar refractivity (Wildman–Crippen MR) is 89.6 cm³/mol. The van der Waals surface area contributed by atoms with Crippen molar-refractivity contribution in [1.29, 1.82) is 0 Å². The lowest BCUT2D eigenvalue weighted by Gasteiger charge is -2.29. The predicted octanol–water partition coefficient (Wildman–Crippen LogP) is 1.11. The van der Waals surface area contributed by atoms with Crippen LogP contribution in [-0.4, -0.2) is 45.7 Å². The number of aromatic nitrogens is 2. The summed E-state index contributed by atoms with van der Waals surface area (Å²) in [5, 5.41) is 14.9. The summed E-state index contributed by atoms with van der Waals surface area (Å²) in [4.78, 5) is 27.2. The lowest BCUT2D eigenvalue weighted by atomic mass is 9.97. The number of hydrogen-bond acceptors (Lipinski definition) is 4. The normalized spacial score (nSPS) is 13.7. The highest BCUT2D eigenvalue weighted by atomic mass is 19.4. The highest BCUT2D eigenvalue weighted by Crippen LogP contribution is 2.40. The second-order valence-corrected chi connectivity index (χ2v) is 5.87. The van der Waals surface area contributed by atoms with Crippen molar-refractivity contribution in [2.24, 2.45) is 7.05 Å². The lowest BCUT2D eigenvalue weighted by molar-refractivity contribution is -0.271. The molecule has 0 radical (unpaired) electrons. The maximum atomic E-state index is 13.3. The quantitative estimate of drug-likeness (QED) is 0.623. The molecule has 2 aromatic rings. The van der Waals surface area contributed by atoms with Crippen LogP contribution >= 0.6 is 0 Å². The first-order valence-electron chi connectivity index (χ1n) is 8.02. The molecule has 1 aromatic carbocycles. The van der Waals surface area contributed by atoms with Gasteiger partial charge in [0.2, 0.25) is 11.5 Å². The molecule has 0 aliphatic heterocycles. The van der Waals surface area contributed by atoms with Gasteiger partial charge >= 0.3 is 6.18 Å². The van der Waals surface area contributed by atoms with Crippen LogP contribution in [0.5, 0.6) is 0 Å². The van der Waals surface area contributed by atoms with E-state index in [-0.39, 0.29) is 19.0 Å². The fourth-order valence-corrected chi connectivity index (χ4v) is 2.43. The Bertz CT molecular complexity index is 792. The largest absolute Gasteiger partial charge is 0.425 e. The zero-order chi connectivity index (χ0) is 20.1. The molecule has 0 fully saturated rings. The molecule has 3 N–H and O–H groups in total. The molecule has 0 aliphatic carbocycles. The summed E-state index contributed by atoms with van der Waals surface area (Å²) in [7, 11) is 1.29. The van der Waals surface area contributed by atoms with Gasteiger partial charge in [0.05, 0.1) is 6.42 Å². The summed E-state index contributed by atoms with van der Waals surface area (Å²) in [6, 6.07) is 8.33. The smallest absolute Gasteiger partial charge is 0.374 e. The van der Waals surface area contributed by atoms with Gasteiger partial charge in [-0.15, -0.1) is 0 Å². The molecule has 0 saturated heterocycles. The molecule has 1 heterocycles. The number of hydrogen-bond donors (Lipinski definition) is 3. The van der Waals surface area contributed by atoms with Crippen LogP contribution in [0.1, 0.15) is 22.6 Å². The molecule has 2 amide bonds. The highest BCUT2D eigenvalue weighted by molar-refractivity contribution is 5.94. The monoisotopic (exact) mass is 384 g/mol. The van der Waals surface area contributed by atoms with Crippen molar-refractivity contribution in [3.63, 3.8) is 0 Å². The Morgan fingerprint density at radius 1 is 1.15 bits per heavy atom. The zero-order valence-corrected chi connectivity index (χ0v) is 14.5. The van der Waals surface area contributed by atoms with Gasteiger partial charge in [0.25, 0.3) is 5.91 Å². The van der Waals surface area contributed by atoms with E-state index in [1.54, 1.807) is 30.3 Å². The molecular weight excluding hydrogens is 365 g/mol. The SMILES string of the molecule is Cn1ccnc1C(O)(CC(=O)NCCNC(=O)c1ccccc1)C(F)(F)F. The first-order chi connectivity index (χ1) is 12.6. The van der Waals surface area contributed by atoms with Crippen molar-refractivity contribution < 1.29 is 27.9 Å². The summed E-state index contributed by atoms with van der Waals surface area (Å²) in [6.07, 6.45) is -3.99. The van der Waals surface area contributed by atoms with E-state index < -0.39 is 29.9 Å². The number of alkyl halides is 3. The Kier molecular flexibility index (Phi) is 6.21. The van der Waals surface area contributed by atoms with Crippen LogP contribution in [0, 0.1) is 0 Å². The number of aryl methyl sites for hydroxylation is 1. The Balaban J connectivity index is 1.90. The van der Waals surface area contributed by atoms with E-state index in [1.165, 1.54) is 13.2 Å². The Labute approximate surface area is 153 Å². The lowest BCUT2D eigenvalue weighted by Crippen LogP contribution is -2.48. The number of benzene rings is 1. The molecule has 2 rings (SSSR count). The molecule has 146 valence electrons. The van der Waals surface area contributed by atoms with E-state index >= 15 is 0 Å². The number of carbonyl (C=O) groups is 2. The average Bonchev–Trinajstić information content (AvgIpc) is 3.04. The van der Waals surface area contributed by atoms with Crippen LogP contribution in [-0.2, 0) is 17.4 Å². The van der Waals surface area contributed by atoms with E-state index in [9.17, 15) is 27.9 Å². The van der Waals surface area contributed by atoms with Crippen LogP contribution in [0.2, 0.25) is 0 Å². The van der Waals surface area contributed by atoms with Crippen LogP contribution in [0.3, 0.4) is 0 Å². The molecule has 0 aliphatic rings. The van der Waals surface area contributed by atoms with Crippen LogP contribution in [0.15, 0.2) is 42.7 Å². The van der Waals surface area contributed by atoms with Gasteiger partial charge in [-0.2, -0.15) is 13.2 Å². The molecule has 27 heavy (non-hydrogen) atoms. The number of nitrogens with zero attached hydrogens (tertiary/aromatic N) is 2. The van der Waals surface area contributed by atoms with E-state index in [2.05, 4.69) is 15.6 Å². The van der Waals surface area contributed by atoms with Gasteiger partial charge in [-0.25, -0.2) is 4.98 Å².